The van der Waals surface area contributed by atoms with Crippen LogP contribution in [0.4, 0.5) is 11.9 Å². The van der Waals surface area contributed by atoms with E-state index < -0.39 is 96.7 Å². The van der Waals surface area contributed by atoms with Crippen molar-refractivity contribution in [2.45, 2.75) is 49.9 Å². The minimum Gasteiger partial charge on any atom is -0.387 e. The highest BCUT2D eigenvalue weighted by molar-refractivity contribution is 7.66. The number of aryl methyl sites for hydroxylation is 1. The first kappa shape index (κ1) is 39.2. The van der Waals surface area contributed by atoms with Crippen molar-refractivity contribution in [3.63, 3.8) is 0 Å². The molecule has 0 bridgehead atoms. The van der Waals surface area contributed by atoms with Crippen molar-refractivity contribution in [3.8, 4) is 0 Å². The van der Waals surface area contributed by atoms with Crippen LogP contribution in [0.1, 0.15) is 19.4 Å². The van der Waals surface area contributed by atoms with Gasteiger partial charge in [0.1, 0.15) is 30.6 Å². The van der Waals surface area contributed by atoms with Gasteiger partial charge in [-0.25, -0.2) is 23.2 Å². The molecule has 292 valence electrons. The molecular weight excluding hydrogens is 781 g/mol. The van der Waals surface area contributed by atoms with Crippen molar-refractivity contribution in [2.75, 3.05) is 31.8 Å². The number of hydrogen-bond donors (Lipinski definition) is 9. The molecule has 2 saturated heterocycles. The molecule has 2 fully saturated rings. The number of nitrogens with one attached hydrogen (secondary N) is 2. The van der Waals surface area contributed by atoms with E-state index in [1.54, 1.807) is 6.92 Å². The third kappa shape index (κ3) is 7.86. The molecule has 27 nitrogen and oxygen atoms in total. The molecule has 4 aromatic rings. The van der Waals surface area contributed by atoms with Gasteiger partial charge in [0.25, 0.3) is 16.7 Å². The fourth-order valence-electron chi connectivity index (χ4n) is 6.04. The number of nitrogens with two attached hydrogens (primary N) is 2. The Bertz CT molecular complexity index is 2300. The maximum atomic E-state index is 12.7. The van der Waals surface area contributed by atoms with Gasteiger partial charge in [0.15, 0.2) is 11.2 Å². The first-order valence-corrected chi connectivity index (χ1v) is 19.6. The molecule has 6 rings (SSSR count). The average molecular weight is 815 g/mol. The summed E-state index contributed by atoms with van der Waals surface area (Å²) in [7, 11) is -14.3. The number of imidazole rings is 2. The van der Waals surface area contributed by atoms with E-state index >= 15 is 0 Å². The smallest absolute Gasteiger partial charge is 0.387 e. The topological polar surface area (TPSA) is 387 Å². The van der Waals surface area contributed by atoms with Gasteiger partial charge in [-0.1, -0.05) is 6.92 Å². The van der Waals surface area contributed by atoms with Crippen LogP contribution in [0.25, 0.3) is 22.3 Å². The Morgan fingerprint density at radius 2 is 1.43 bits per heavy atom. The summed E-state index contributed by atoms with van der Waals surface area (Å²) in [6.45, 7) is -0.162. The highest BCUT2D eigenvalue weighted by Gasteiger charge is 2.50. The normalized spacial score (nSPS) is 29.7. The summed E-state index contributed by atoms with van der Waals surface area (Å²) in [5.41, 5.74) is 10.1. The predicted octanol–water partition coefficient (Wildman–Crippen LogP) is -2.62. The van der Waals surface area contributed by atoms with Crippen LogP contribution >= 0.6 is 23.5 Å². The number of nitrogen functional groups attached to an aromatic ring is 2. The standard InChI is InChI=1S/C23H33N10O17P3/c1-8-15(44-3)10(48-20(8)32-6-26-11-16(32)27-22(24)29-18(11)36)5-46-52(40,41)50-53(42,43)49-51(38,39)45-4-9-13(34)14(35)21(47-9)33-7-31(2)12-17(33)28-23(25)30-19(12)37/h6-10,13-15,20-21,34-35H,4-5H2,1-3H3,(H8-,24,25,27,28,29,30,36,37,38,39,40,41,42,43)/p+1/t8?,9-,10-,13?,14+,15-,20-,21-/m1/s1. The third-order valence-electron chi connectivity index (χ3n) is 8.26. The Morgan fingerprint density at radius 3 is 2.06 bits per heavy atom. The number of aromatic amines is 2. The molecule has 0 saturated carbocycles. The summed E-state index contributed by atoms with van der Waals surface area (Å²) in [4.78, 5) is 71.6. The van der Waals surface area contributed by atoms with Gasteiger partial charge in [0.05, 0.1) is 32.7 Å². The number of aliphatic hydroxyl groups is 2. The van der Waals surface area contributed by atoms with Gasteiger partial charge in [-0.15, -0.1) is 0 Å². The lowest BCUT2D eigenvalue weighted by molar-refractivity contribution is -0.646. The lowest BCUT2D eigenvalue weighted by Crippen LogP contribution is -2.34. The van der Waals surface area contributed by atoms with Crippen molar-refractivity contribution < 1.29 is 75.0 Å². The number of fused-ring (bicyclic) bond motifs is 2. The second kappa shape index (κ2) is 14.3. The van der Waals surface area contributed by atoms with Crippen LogP contribution in [0, 0.1) is 5.92 Å². The van der Waals surface area contributed by atoms with E-state index in [-0.39, 0.29) is 34.2 Å². The molecule has 2 aliphatic heterocycles. The molecule has 30 heteroatoms. The van der Waals surface area contributed by atoms with Crippen LogP contribution in [-0.4, -0.2) is 110 Å². The molecule has 0 aliphatic carbocycles. The van der Waals surface area contributed by atoms with Gasteiger partial charge < -0.3 is 50.6 Å². The van der Waals surface area contributed by atoms with E-state index in [0.29, 0.717) is 0 Å². The van der Waals surface area contributed by atoms with Gasteiger partial charge in [-0.3, -0.25) is 33.2 Å². The van der Waals surface area contributed by atoms with Crippen LogP contribution in [0.5, 0.6) is 0 Å². The summed E-state index contributed by atoms with van der Waals surface area (Å²) in [5, 5.41) is 21.2. The second-order valence-electron chi connectivity index (χ2n) is 11.9. The van der Waals surface area contributed by atoms with E-state index in [1.807, 2.05) is 0 Å². The number of methoxy groups -OCH3 is 1. The Hall–Kier alpha value is -3.49. The average Bonchev–Trinajstić information content (AvgIpc) is 3.76. The zero-order chi connectivity index (χ0) is 38.8. The minimum absolute atomic E-state index is 0.0277. The fraction of sp³-hybridized carbons (Fsp3) is 0.565. The number of anilines is 2. The lowest BCUT2D eigenvalue weighted by atomic mass is 10.0. The van der Waals surface area contributed by atoms with Crippen LogP contribution in [0.2, 0.25) is 0 Å². The number of nitrogens with zero attached hydrogens (tertiary/aromatic N) is 6. The Labute approximate surface area is 294 Å². The molecule has 11 atom stereocenters. The van der Waals surface area contributed by atoms with Crippen molar-refractivity contribution in [2.24, 2.45) is 13.0 Å². The molecule has 0 amide bonds. The summed E-state index contributed by atoms with van der Waals surface area (Å²) < 4.78 is 76.4. The number of aromatic nitrogens is 8. The van der Waals surface area contributed by atoms with Crippen LogP contribution in [0.15, 0.2) is 22.2 Å². The zero-order valence-corrected chi connectivity index (χ0v) is 30.2. The minimum atomic E-state index is -5.93. The summed E-state index contributed by atoms with van der Waals surface area (Å²) >= 11 is 0. The maximum absolute atomic E-state index is 12.7. The number of H-pyrrole nitrogens is 2. The Balaban J connectivity index is 1.06. The first-order valence-electron chi connectivity index (χ1n) is 15.1. The first-order chi connectivity index (χ1) is 24.7. The highest BCUT2D eigenvalue weighted by Crippen LogP contribution is 2.68. The highest BCUT2D eigenvalue weighted by atomic mass is 31.3. The number of phosphoric ester groups is 2. The molecule has 0 aromatic carbocycles. The summed E-state index contributed by atoms with van der Waals surface area (Å²) in [6.07, 6.45) is -6.83. The molecule has 6 heterocycles. The van der Waals surface area contributed by atoms with E-state index in [1.165, 1.54) is 40.5 Å². The largest absolute Gasteiger partial charge is 0.490 e. The summed E-state index contributed by atoms with van der Waals surface area (Å²) in [6, 6.07) is 0. The Kier molecular flexibility index (Phi) is 10.6. The monoisotopic (exact) mass is 815 g/mol. The molecule has 53 heavy (non-hydrogen) atoms. The van der Waals surface area contributed by atoms with Gasteiger partial charge in [0.2, 0.25) is 24.5 Å². The molecule has 4 aromatic heterocycles. The fourth-order valence-corrected chi connectivity index (χ4v) is 9.56. The molecule has 11 N–H and O–H groups in total. The summed E-state index contributed by atoms with van der Waals surface area (Å²) in [5.74, 6) is -0.984. The van der Waals surface area contributed by atoms with E-state index in [9.17, 15) is 48.2 Å². The predicted molar refractivity (Wildman–Crippen MR) is 172 cm³/mol. The van der Waals surface area contributed by atoms with Crippen molar-refractivity contribution in [3.05, 3.63) is 33.4 Å². The second-order valence-corrected chi connectivity index (χ2v) is 16.5. The van der Waals surface area contributed by atoms with Gasteiger partial charge in [-0.2, -0.15) is 23.2 Å². The molecule has 0 radical (unpaired) electrons. The van der Waals surface area contributed by atoms with Gasteiger partial charge in [0, 0.05) is 13.0 Å². The molecular formula is C23H34N10O17P3+. The number of phosphoric acid groups is 3. The third-order valence-corrected chi connectivity index (χ3v) is 12.5. The van der Waals surface area contributed by atoms with Gasteiger partial charge >= 0.3 is 29.0 Å². The maximum Gasteiger partial charge on any atom is 0.490 e. The molecule has 0 spiro atoms. The van der Waals surface area contributed by atoms with Crippen LogP contribution in [-0.2, 0) is 52.6 Å². The van der Waals surface area contributed by atoms with Crippen LogP contribution < -0.4 is 27.2 Å². The SMILES string of the molecule is CO[C@@H]1C(C)[C@H](n2cnc3c(=O)[nH]c(N)nc32)O[C@@H]1COP(=O)(O)OP(=O)(O)OP(=O)(O)OC[C@H]1O[C@@H](n2c[n+](C)c3c(=O)[nH]c(N)nc32)[C@@H](O)C1O. The van der Waals surface area contributed by atoms with Gasteiger partial charge in [-0.05, 0) is 0 Å². The number of ether oxygens (including phenoxy) is 3. The number of rotatable bonds is 13. The zero-order valence-electron chi connectivity index (χ0n) is 27.5. The number of hydrogen-bond acceptors (Lipinski definition) is 19. The van der Waals surface area contributed by atoms with E-state index in [4.69, 9.17) is 30.2 Å². The van der Waals surface area contributed by atoms with Crippen molar-refractivity contribution in [1.29, 1.82) is 0 Å². The van der Waals surface area contributed by atoms with E-state index in [2.05, 4.69) is 38.1 Å². The lowest BCUT2D eigenvalue weighted by Gasteiger charge is -2.22. The molecule has 2 aliphatic rings. The van der Waals surface area contributed by atoms with E-state index in [0.717, 1.165) is 0 Å². The van der Waals surface area contributed by atoms with Crippen molar-refractivity contribution in [1.82, 2.24) is 34.1 Å². The number of aliphatic hydroxyl groups excluding tert-OH is 2. The molecule has 5 unspecified atom stereocenters. The quantitative estimate of drug-likeness (QED) is 0.0493. The van der Waals surface area contributed by atoms with Crippen molar-refractivity contribution >= 4 is 57.7 Å². The van der Waals surface area contributed by atoms with Crippen LogP contribution in [0.3, 0.4) is 0 Å². The Morgan fingerprint density at radius 1 is 0.868 bits per heavy atom.